The van der Waals surface area contributed by atoms with Gasteiger partial charge in [-0.1, -0.05) is 30.2 Å². The predicted molar refractivity (Wildman–Crippen MR) is 197 cm³/mol. The van der Waals surface area contributed by atoms with Crippen LogP contribution in [0.4, 0.5) is 15.5 Å². The van der Waals surface area contributed by atoms with Gasteiger partial charge in [0.2, 0.25) is 14.3 Å². The Kier molecular flexibility index (Phi) is 11.4. The summed E-state index contributed by atoms with van der Waals surface area (Å²) >= 11 is 0. The fourth-order valence-electron chi connectivity index (χ4n) is 8.03. The lowest BCUT2D eigenvalue weighted by atomic mass is 9.82. The van der Waals surface area contributed by atoms with Crippen molar-refractivity contribution < 1.29 is 33.1 Å². The molecule has 0 radical (unpaired) electrons. The van der Waals surface area contributed by atoms with Crippen LogP contribution < -0.4 is 15.0 Å². The first-order chi connectivity index (χ1) is 23.7. The Bertz CT molecular complexity index is 1650. The van der Waals surface area contributed by atoms with Gasteiger partial charge in [-0.15, -0.1) is 0 Å². The highest BCUT2D eigenvalue weighted by Crippen LogP contribution is 2.60. The number of likely N-dealkylation sites (tertiary alicyclic amines) is 1. The molecule has 1 spiro atoms. The van der Waals surface area contributed by atoms with E-state index >= 15 is 4.11 Å². The van der Waals surface area contributed by atoms with Gasteiger partial charge >= 0.3 is 0 Å². The molecular formula is C39H52FN3O6Si. The summed E-state index contributed by atoms with van der Waals surface area (Å²) in [6, 6.07) is 11.8. The van der Waals surface area contributed by atoms with E-state index in [1.54, 1.807) is 66.4 Å². The minimum atomic E-state index is -3.51. The van der Waals surface area contributed by atoms with Crippen molar-refractivity contribution in [1.29, 1.82) is 0 Å². The Hall–Kier alpha value is -3.80. The van der Waals surface area contributed by atoms with E-state index < -0.39 is 31.6 Å². The van der Waals surface area contributed by atoms with Gasteiger partial charge in [-0.25, -0.2) is 0 Å². The zero-order valence-corrected chi connectivity index (χ0v) is 31.4. The number of halogens is 1. The number of methoxy groups -OCH3 is 1. The number of benzene rings is 2. The third-order valence-corrected chi connectivity index (χ3v) is 13.0. The third kappa shape index (κ3) is 7.45. The summed E-state index contributed by atoms with van der Waals surface area (Å²) in [5, 5.41) is 12.8. The van der Waals surface area contributed by atoms with E-state index in [1.807, 2.05) is 19.1 Å². The molecule has 11 heteroatoms. The van der Waals surface area contributed by atoms with Gasteiger partial charge in [-0.3, -0.25) is 14.4 Å². The van der Waals surface area contributed by atoms with Gasteiger partial charge in [-0.2, -0.15) is 0 Å². The molecule has 50 heavy (non-hydrogen) atoms. The summed E-state index contributed by atoms with van der Waals surface area (Å²) in [7, 11) is -1.95. The topological polar surface area (TPSA) is 108 Å². The average Bonchev–Trinajstić information content (AvgIpc) is 3.73. The Balaban J connectivity index is 1.52. The van der Waals surface area contributed by atoms with E-state index in [1.165, 1.54) is 5.57 Å². The lowest BCUT2D eigenvalue weighted by Crippen LogP contribution is -2.45. The van der Waals surface area contributed by atoms with Crippen molar-refractivity contribution in [3.05, 3.63) is 76.9 Å². The summed E-state index contributed by atoms with van der Waals surface area (Å²) in [6.45, 7) is 12.0. The van der Waals surface area contributed by atoms with Crippen molar-refractivity contribution in [3.8, 4) is 5.75 Å². The zero-order valence-electron chi connectivity index (χ0n) is 30.4. The SMILES string of the molecule is COc1ccc(C(=O)Nc2ccc3c(c2)[C@]2(O[C@@H](CC(=O)N4CCC[C@H]4CO)[C@H]([Si](C)(C)F)[C@H]2C)C(=O)N3C/C=C(\C)CCC=C(C)C)cc1. The minimum absolute atomic E-state index is 0.0759. The maximum atomic E-state index is 16.4. The molecule has 3 aliphatic heterocycles. The van der Waals surface area contributed by atoms with Crippen molar-refractivity contribution in [3.63, 3.8) is 0 Å². The third-order valence-electron chi connectivity index (χ3n) is 10.6. The number of fused-ring (bicyclic) bond motifs is 2. The fourth-order valence-corrected chi connectivity index (χ4v) is 10.5. The first-order valence-electron chi connectivity index (χ1n) is 17.7. The molecule has 0 unspecified atom stereocenters. The van der Waals surface area contributed by atoms with Gasteiger partial charge in [-0.05, 0) is 102 Å². The quantitative estimate of drug-likeness (QED) is 0.138. The van der Waals surface area contributed by atoms with Gasteiger partial charge < -0.3 is 33.8 Å². The monoisotopic (exact) mass is 705 g/mol. The van der Waals surface area contributed by atoms with E-state index in [0.29, 0.717) is 47.8 Å². The van der Waals surface area contributed by atoms with Crippen LogP contribution in [0.2, 0.25) is 18.6 Å². The Morgan fingerprint density at radius 2 is 1.86 bits per heavy atom. The molecular weight excluding hydrogens is 654 g/mol. The van der Waals surface area contributed by atoms with Crippen LogP contribution in [0, 0.1) is 5.92 Å². The van der Waals surface area contributed by atoms with Gasteiger partial charge in [0.15, 0.2) is 5.60 Å². The van der Waals surface area contributed by atoms with Crippen LogP contribution >= 0.6 is 0 Å². The molecule has 2 saturated heterocycles. The van der Waals surface area contributed by atoms with E-state index in [2.05, 4.69) is 32.2 Å². The number of aliphatic hydroxyl groups is 1. The molecule has 0 aliphatic carbocycles. The van der Waals surface area contributed by atoms with E-state index in [4.69, 9.17) is 9.47 Å². The number of nitrogens with one attached hydrogen (secondary N) is 1. The molecule has 9 nitrogen and oxygen atoms in total. The molecule has 2 aromatic carbocycles. The number of carbonyl (C=O) groups excluding carboxylic acids is 3. The highest BCUT2D eigenvalue weighted by atomic mass is 28.4. The summed E-state index contributed by atoms with van der Waals surface area (Å²) in [5.74, 6) is -0.782. The molecule has 2 aromatic rings. The summed E-state index contributed by atoms with van der Waals surface area (Å²) in [5.41, 5.74) is 2.30. The van der Waals surface area contributed by atoms with Crippen molar-refractivity contribution in [2.45, 2.75) is 96.2 Å². The van der Waals surface area contributed by atoms with Crippen LogP contribution in [0.15, 0.2) is 65.8 Å². The summed E-state index contributed by atoms with van der Waals surface area (Å²) in [4.78, 5) is 45.1. The van der Waals surface area contributed by atoms with Crippen molar-refractivity contribution in [2.24, 2.45) is 5.92 Å². The molecule has 3 amide bonds. The number of anilines is 2. The van der Waals surface area contributed by atoms with Crippen molar-refractivity contribution in [1.82, 2.24) is 4.90 Å². The standard InChI is InChI=1S/C39H52FN3O6Si/c1-25(2)10-8-11-26(3)19-21-43-33-18-15-29(41-37(46)28-13-16-31(48-5)17-14-28)22-32(33)39(38(43)47)27(4)36(50(6,7)40)34(49-39)23-35(45)42-20-9-12-30(42)24-44/h10,13-19,22,27,30,34,36,44H,8-9,11-12,20-21,23-24H2,1-7H3,(H,41,46)/b26-19+/t27-,30+,34+,36-,39+/m1/s1. The van der Waals surface area contributed by atoms with Crippen molar-refractivity contribution in [2.75, 3.05) is 37.0 Å². The maximum absolute atomic E-state index is 16.4. The fraction of sp³-hybridized carbons (Fsp3) is 0.513. The number of ether oxygens (including phenoxy) is 2. The van der Waals surface area contributed by atoms with Crippen LogP contribution in [0.3, 0.4) is 0 Å². The van der Waals surface area contributed by atoms with E-state index in [0.717, 1.165) is 24.8 Å². The van der Waals surface area contributed by atoms with Crippen LogP contribution in [-0.2, 0) is 19.9 Å². The Morgan fingerprint density at radius 1 is 1.14 bits per heavy atom. The van der Waals surface area contributed by atoms with Crippen LogP contribution in [0.5, 0.6) is 5.75 Å². The zero-order chi connectivity index (χ0) is 36.4. The molecule has 2 fully saturated rings. The predicted octanol–water partition coefficient (Wildman–Crippen LogP) is 7.14. The second-order valence-corrected chi connectivity index (χ2v) is 18.5. The smallest absolute Gasteiger partial charge is 0.264 e. The highest BCUT2D eigenvalue weighted by Gasteiger charge is 2.67. The molecule has 5 rings (SSSR count). The van der Waals surface area contributed by atoms with Crippen LogP contribution in [0.1, 0.15) is 75.7 Å². The highest BCUT2D eigenvalue weighted by molar-refractivity contribution is 6.72. The van der Waals surface area contributed by atoms with Crippen molar-refractivity contribution >= 4 is 37.5 Å². The van der Waals surface area contributed by atoms with Gasteiger partial charge in [0.05, 0.1) is 38.0 Å². The summed E-state index contributed by atoms with van der Waals surface area (Å²) in [6.07, 6.45) is 6.59. The number of aliphatic hydroxyl groups excluding tert-OH is 1. The van der Waals surface area contributed by atoms with Gasteiger partial charge in [0, 0.05) is 41.4 Å². The van der Waals surface area contributed by atoms with Crippen LogP contribution in [0.25, 0.3) is 0 Å². The second-order valence-electron chi connectivity index (χ2n) is 14.7. The van der Waals surface area contributed by atoms with E-state index in [-0.39, 0.29) is 36.8 Å². The lowest BCUT2D eigenvalue weighted by molar-refractivity contribution is -0.149. The first kappa shape index (κ1) is 37.5. The van der Waals surface area contributed by atoms with Crippen LogP contribution in [-0.4, -0.2) is 75.1 Å². The molecule has 0 saturated carbocycles. The largest absolute Gasteiger partial charge is 0.497 e. The molecule has 0 aromatic heterocycles. The minimum Gasteiger partial charge on any atom is -0.497 e. The Labute approximate surface area is 296 Å². The normalized spacial score (nSPS) is 24.9. The lowest BCUT2D eigenvalue weighted by Gasteiger charge is -2.31. The molecule has 3 aliphatic rings. The second kappa shape index (κ2) is 15.2. The number of hydrogen-bond acceptors (Lipinski definition) is 6. The number of amides is 3. The number of rotatable bonds is 12. The molecule has 5 atom stereocenters. The number of carbonyl (C=O) groups is 3. The maximum Gasteiger partial charge on any atom is 0.264 e. The molecule has 0 bridgehead atoms. The average molecular weight is 706 g/mol. The van der Waals surface area contributed by atoms with Gasteiger partial charge in [0.1, 0.15) is 5.75 Å². The molecule has 270 valence electrons. The number of hydrogen-bond donors (Lipinski definition) is 2. The Morgan fingerprint density at radius 3 is 2.50 bits per heavy atom. The number of allylic oxidation sites excluding steroid dienone is 3. The first-order valence-corrected chi connectivity index (χ1v) is 20.6. The molecule has 2 N–H and O–H groups in total. The molecule has 3 heterocycles. The van der Waals surface area contributed by atoms with E-state index in [9.17, 15) is 19.5 Å². The number of nitrogens with zero attached hydrogens (tertiary/aromatic N) is 2. The van der Waals surface area contributed by atoms with Gasteiger partial charge in [0.25, 0.3) is 11.8 Å². The summed E-state index contributed by atoms with van der Waals surface area (Å²) < 4.78 is 28.5.